The fourth-order valence-corrected chi connectivity index (χ4v) is 0.655. The summed E-state index contributed by atoms with van der Waals surface area (Å²) in [6, 6.07) is 12.4. The molecule has 2 rings (SSSR count). The van der Waals surface area contributed by atoms with Crippen molar-refractivity contribution >= 4 is 0 Å². The van der Waals surface area contributed by atoms with E-state index in [0.29, 0.717) is 5.75 Å². The molecule has 0 aliphatic carbocycles. The van der Waals surface area contributed by atoms with Crippen molar-refractivity contribution < 1.29 is 40.5 Å². The summed E-state index contributed by atoms with van der Waals surface area (Å²) >= 11 is 0. The van der Waals surface area contributed by atoms with Gasteiger partial charge in [-0.15, -0.1) is 0 Å². The summed E-state index contributed by atoms with van der Waals surface area (Å²) < 4.78 is 4.58. The largest absolute Gasteiger partial charge is 1.00 e. The van der Waals surface area contributed by atoms with E-state index in [-0.39, 0.29) is 31.0 Å². The van der Waals surface area contributed by atoms with E-state index >= 15 is 0 Å². The number of aromatic hydroxyl groups is 1. The van der Waals surface area contributed by atoms with Crippen LogP contribution in [0.25, 0.3) is 0 Å². The van der Waals surface area contributed by atoms with Gasteiger partial charge in [0.2, 0.25) is 0 Å². The molecule has 1 N–H and O–H groups in total. The van der Waals surface area contributed by atoms with Gasteiger partial charge in [-0.2, -0.15) is 0 Å². The van der Waals surface area contributed by atoms with Crippen LogP contribution in [0.2, 0.25) is 0 Å². The van der Waals surface area contributed by atoms with Crippen molar-refractivity contribution in [3.8, 4) is 5.75 Å². The van der Waals surface area contributed by atoms with Crippen LogP contribution in [0, 0.1) is 0 Å². The molecule has 0 spiro atoms. The van der Waals surface area contributed by atoms with Crippen molar-refractivity contribution in [3.63, 3.8) is 0 Å². The molecule has 0 saturated carbocycles. The van der Waals surface area contributed by atoms with Crippen molar-refractivity contribution in [1.29, 1.82) is 0 Å². The van der Waals surface area contributed by atoms with E-state index in [1.54, 1.807) is 36.8 Å². The fraction of sp³-hybridized carbons (Fsp3) is 0. The van der Waals surface area contributed by atoms with E-state index < -0.39 is 0 Å². The first kappa shape index (κ1) is 12.3. The van der Waals surface area contributed by atoms with Crippen LogP contribution in [0.1, 0.15) is 1.43 Å². The number of phenols is 1. The molecule has 1 aromatic heterocycles. The Bertz CT molecular complexity index is 267. The molecule has 1 heterocycles. The second-order valence-electron chi connectivity index (χ2n) is 2.13. The Kier molecular flexibility index (Phi) is 7.50. The van der Waals surface area contributed by atoms with Crippen LogP contribution >= 0.6 is 0 Å². The summed E-state index contributed by atoms with van der Waals surface area (Å²) in [4.78, 5) is 0. The van der Waals surface area contributed by atoms with Crippen LogP contribution in [-0.2, 0) is 0 Å². The van der Waals surface area contributed by atoms with Crippen LogP contribution in [0.5, 0.6) is 5.75 Å². The van der Waals surface area contributed by atoms with Crippen molar-refractivity contribution in [3.05, 3.63) is 55.0 Å². The Morgan fingerprint density at radius 3 is 1.69 bits per heavy atom. The third kappa shape index (κ3) is 6.46. The summed E-state index contributed by atoms with van der Waals surface area (Å²) in [5.41, 5.74) is 0. The number of benzene rings is 1. The maximum absolute atomic E-state index is 8.63. The van der Waals surface area contributed by atoms with E-state index in [0.717, 1.165) is 0 Å². The molecule has 0 bridgehead atoms. The predicted octanol–water partition coefficient (Wildman–Crippen LogP) is -0.212. The SMILES string of the molecule is Oc1ccccc1.[H-].[Na+].c1ccoc1. The molecule has 1 aromatic carbocycles. The Labute approximate surface area is 101 Å². The first-order valence-corrected chi connectivity index (χ1v) is 3.61. The maximum atomic E-state index is 8.63. The first-order valence-electron chi connectivity index (χ1n) is 3.61. The van der Waals surface area contributed by atoms with Gasteiger partial charge in [0, 0.05) is 0 Å². The number of furan rings is 1. The second-order valence-corrected chi connectivity index (χ2v) is 2.13. The van der Waals surface area contributed by atoms with E-state index in [1.807, 2.05) is 18.2 Å². The number of phenolic OH excluding ortho intramolecular Hbond substituents is 1. The van der Waals surface area contributed by atoms with Crippen molar-refractivity contribution in [2.75, 3.05) is 0 Å². The molecule has 0 saturated heterocycles. The van der Waals surface area contributed by atoms with E-state index in [4.69, 9.17) is 5.11 Å². The van der Waals surface area contributed by atoms with Gasteiger partial charge in [-0.1, -0.05) is 18.2 Å². The molecular formula is C10H11NaO2. The third-order valence-electron chi connectivity index (χ3n) is 1.18. The van der Waals surface area contributed by atoms with Crippen molar-refractivity contribution in [1.82, 2.24) is 0 Å². The molecule has 64 valence electrons. The molecule has 0 aliphatic heterocycles. The minimum Gasteiger partial charge on any atom is -1.00 e. The van der Waals surface area contributed by atoms with Gasteiger partial charge in [0.05, 0.1) is 12.5 Å². The van der Waals surface area contributed by atoms with Gasteiger partial charge in [0.15, 0.2) is 0 Å². The smallest absolute Gasteiger partial charge is 1.00 e. The second kappa shape index (κ2) is 7.92. The Morgan fingerprint density at radius 1 is 0.923 bits per heavy atom. The molecule has 3 heteroatoms. The topological polar surface area (TPSA) is 33.4 Å². The van der Waals surface area contributed by atoms with Crippen LogP contribution in [-0.4, -0.2) is 5.11 Å². The normalized spacial score (nSPS) is 7.69. The van der Waals surface area contributed by atoms with Crippen molar-refractivity contribution in [2.24, 2.45) is 0 Å². The van der Waals surface area contributed by atoms with Gasteiger partial charge in [-0.05, 0) is 24.3 Å². The zero-order valence-corrected chi connectivity index (χ0v) is 9.55. The molecule has 0 aliphatic rings. The predicted molar refractivity (Wildman–Crippen MR) is 47.9 cm³/mol. The molecule has 13 heavy (non-hydrogen) atoms. The molecule has 0 unspecified atom stereocenters. The van der Waals surface area contributed by atoms with Crippen LogP contribution < -0.4 is 29.6 Å². The number of rotatable bonds is 0. The van der Waals surface area contributed by atoms with Gasteiger partial charge in [0.25, 0.3) is 0 Å². The summed E-state index contributed by atoms with van der Waals surface area (Å²) in [6.45, 7) is 0. The third-order valence-corrected chi connectivity index (χ3v) is 1.18. The zero-order valence-electron chi connectivity index (χ0n) is 8.55. The minimum atomic E-state index is 0. The van der Waals surface area contributed by atoms with Gasteiger partial charge < -0.3 is 11.0 Å². The van der Waals surface area contributed by atoms with Crippen LogP contribution in [0.15, 0.2) is 59.4 Å². The molecule has 0 fully saturated rings. The van der Waals surface area contributed by atoms with Gasteiger partial charge in [-0.3, -0.25) is 0 Å². The van der Waals surface area contributed by atoms with Gasteiger partial charge >= 0.3 is 29.6 Å². The van der Waals surface area contributed by atoms with Gasteiger partial charge in [-0.25, -0.2) is 0 Å². The Morgan fingerprint density at radius 2 is 1.46 bits per heavy atom. The average Bonchev–Trinajstić information content (AvgIpc) is 2.62. The fourth-order valence-electron chi connectivity index (χ4n) is 0.655. The van der Waals surface area contributed by atoms with Crippen LogP contribution in [0.4, 0.5) is 0 Å². The summed E-state index contributed by atoms with van der Waals surface area (Å²) in [6.07, 6.45) is 3.25. The Hall–Kier alpha value is -0.700. The first-order chi connectivity index (χ1) is 5.89. The molecular weight excluding hydrogens is 175 g/mol. The number of para-hydroxylation sites is 1. The average molecular weight is 186 g/mol. The molecule has 2 aromatic rings. The molecule has 0 radical (unpaired) electrons. The quantitative estimate of drug-likeness (QED) is 0.577. The summed E-state index contributed by atoms with van der Waals surface area (Å²) in [7, 11) is 0. The standard InChI is InChI=1S/C6H6O.C4H4O.Na.H/c7-6-4-2-1-3-5-6;1-2-4-5-3-1;;/h1-5,7H;1-4H;;/q;;+1;-1. The molecule has 0 atom stereocenters. The van der Waals surface area contributed by atoms with E-state index in [1.165, 1.54) is 0 Å². The molecule has 0 amide bonds. The van der Waals surface area contributed by atoms with Gasteiger partial charge in [0.1, 0.15) is 5.75 Å². The molecule has 2 nitrogen and oxygen atoms in total. The van der Waals surface area contributed by atoms with Crippen LogP contribution in [0.3, 0.4) is 0 Å². The Balaban J connectivity index is 0. The number of hydrogen-bond donors (Lipinski definition) is 1. The van der Waals surface area contributed by atoms with E-state index in [2.05, 4.69) is 4.42 Å². The monoisotopic (exact) mass is 186 g/mol. The maximum Gasteiger partial charge on any atom is 1.00 e. The summed E-state index contributed by atoms with van der Waals surface area (Å²) in [5.74, 6) is 0.322. The summed E-state index contributed by atoms with van der Waals surface area (Å²) in [5, 5.41) is 8.63. The number of hydrogen-bond acceptors (Lipinski definition) is 2. The van der Waals surface area contributed by atoms with Crippen molar-refractivity contribution in [2.45, 2.75) is 0 Å². The van der Waals surface area contributed by atoms with E-state index in [9.17, 15) is 0 Å². The zero-order chi connectivity index (χ0) is 8.65. The minimum absolute atomic E-state index is 0.